The van der Waals surface area contributed by atoms with Crippen molar-refractivity contribution in [1.29, 1.82) is 0 Å². The number of likely N-dealkylation sites (tertiary alicyclic amines) is 1. The molecule has 8 heteroatoms. The summed E-state index contributed by atoms with van der Waals surface area (Å²) in [4.78, 5) is 36.2. The minimum atomic E-state index is -0.104. The fourth-order valence-electron chi connectivity index (χ4n) is 3.10. The van der Waals surface area contributed by atoms with Gasteiger partial charge in [-0.3, -0.25) is 9.59 Å². The van der Waals surface area contributed by atoms with Crippen molar-refractivity contribution >= 4 is 50.6 Å². The number of aromatic amines is 1. The first-order chi connectivity index (χ1) is 12.6. The predicted octanol–water partition coefficient (Wildman–Crippen LogP) is 4.13. The van der Waals surface area contributed by atoms with Crippen molar-refractivity contribution in [2.75, 3.05) is 18.8 Å². The fraction of sp³-hybridized carbons (Fsp3) is 0.389. The van der Waals surface area contributed by atoms with Crippen LogP contribution in [0.4, 0.5) is 0 Å². The number of rotatable bonds is 5. The number of hydrogen-bond donors (Lipinski definition) is 1. The lowest BCUT2D eigenvalue weighted by Crippen LogP contribution is -2.29. The Morgan fingerprint density at radius 1 is 1.38 bits per heavy atom. The second kappa shape index (κ2) is 7.54. The Morgan fingerprint density at radius 3 is 2.92 bits per heavy atom. The van der Waals surface area contributed by atoms with Crippen LogP contribution in [0.25, 0.3) is 20.7 Å². The van der Waals surface area contributed by atoms with Gasteiger partial charge < -0.3 is 9.88 Å². The van der Waals surface area contributed by atoms with Crippen LogP contribution >= 0.6 is 34.4 Å². The zero-order valence-corrected chi connectivity index (χ0v) is 16.8. The number of carbonyl (C=O) groups is 1. The molecule has 1 saturated heterocycles. The molecule has 0 saturated carbocycles. The molecule has 3 aromatic heterocycles. The normalized spacial score (nSPS) is 15.7. The largest absolute Gasteiger partial charge is 0.342 e. The fourth-order valence-corrected chi connectivity index (χ4v) is 5.72. The topological polar surface area (TPSA) is 66.1 Å². The van der Waals surface area contributed by atoms with Gasteiger partial charge in [0.2, 0.25) is 5.91 Å². The van der Waals surface area contributed by atoms with Crippen LogP contribution in [-0.2, 0) is 4.79 Å². The van der Waals surface area contributed by atoms with E-state index in [1.165, 1.54) is 23.1 Å². The van der Waals surface area contributed by atoms with Crippen LogP contribution in [-0.4, -0.2) is 39.6 Å². The average Bonchev–Trinajstić information content (AvgIpc) is 3.39. The molecule has 0 radical (unpaired) electrons. The predicted molar refractivity (Wildman–Crippen MR) is 110 cm³/mol. The first kappa shape index (κ1) is 17.8. The maximum absolute atomic E-state index is 12.7. The molecule has 0 aromatic carbocycles. The summed E-state index contributed by atoms with van der Waals surface area (Å²) < 4.78 is 0. The molecule has 0 aliphatic carbocycles. The Balaban J connectivity index is 1.53. The highest BCUT2D eigenvalue weighted by Gasteiger charge is 2.21. The maximum atomic E-state index is 12.7. The molecule has 1 amide bonds. The lowest BCUT2D eigenvalue weighted by molar-refractivity contribution is -0.127. The Kier molecular flexibility index (Phi) is 5.15. The first-order valence-corrected chi connectivity index (χ1v) is 11.4. The van der Waals surface area contributed by atoms with Gasteiger partial charge in [-0.25, -0.2) is 4.98 Å². The van der Waals surface area contributed by atoms with Crippen molar-refractivity contribution in [3.8, 4) is 10.4 Å². The van der Waals surface area contributed by atoms with Gasteiger partial charge in [-0.1, -0.05) is 6.07 Å². The molecule has 1 aliphatic heterocycles. The smallest absolute Gasteiger partial charge is 0.260 e. The summed E-state index contributed by atoms with van der Waals surface area (Å²) >= 11 is 4.64. The molecule has 0 spiro atoms. The number of thiophene rings is 2. The quantitative estimate of drug-likeness (QED) is 0.693. The van der Waals surface area contributed by atoms with Gasteiger partial charge >= 0.3 is 0 Å². The molecule has 1 fully saturated rings. The molecule has 136 valence electrons. The summed E-state index contributed by atoms with van der Waals surface area (Å²) in [5.74, 6) is 1.24. The molecular weight excluding hydrogens is 386 g/mol. The molecule has 4 rings (SSSR count). The standard InChI is InChI=1S/C18H19N3O2S3/c1-11(25-10-14(22)21-6-2-3-7-21)16-19-17(23)15-12(9-26-18(15)20-16)13-5-4-8-24-13/h4-5,8-9,11H,2-3,6-7,10H2,1H3,(H,19,20,23)/t11-/m0/s1. The number of aromatic nitrogens is 2. The van der Waals surface area contributed by atoms with Crippen LogP contribution in [0.15, 0.2) is 27.7 Å². The van der Waals surface area contributed by atoms with Crippen LogP contribution in [0.1, 0.15) is 30.8 Å². The van der Waals surface area contributed by atoms with Crippen LogP contribution in [0.3, 0.4) is 0 Å². The number of amides is 1. The van der Waals surface area contributed by atoms with Gasteiger partial charge in [-0.05, 0) is 31.2 Å². The van der Waals surface area contributed by atoms with Gasteiger partial charge in [0, 0.05) is 28.9 Å². The van der Waals surface area contributed by atoms with Crippen molar-refractivity contribution < 1.29 is 4.79 Å². The van der Waals surface area contributed by atoms with Crippen LogP contribution < -0.4 is 5.56 Å². The van der Waals surface area contributed by atoms with Gasteiger partial charge in [0.05, 0.1) is 16.4 Å². The number of carbonyl (C=O) groups excluding carboxylic acids is 1. The van der Waals surface area contributed by atoms with Crippen molar-refractivity contribution in [1.82, 2.24) is 14.9 Å². The highest BCUT2D eigenvalue weighted by molar-refractivity contribution is 8.00. The molecule has 1 N–H and O–H groups in total. The molecule has 5 nitrogen and oxygen atoms in total. The van der Waals surface area contributed by atoms with Gasteiger partial charge in [-0.2, -0.15) is 0 Å². The molecule has 0 unspecified atom stereocenters. The van der Waals surface area contributed by atoms with Gasteiger partial charge in [0.15, 0.2) is 0 Å². The molecule has 1 atom stereocenters. The van der Waals surface area contributed by atoms with E-state index in [0.29, 0.717) is 17.0 Å². The van der Waals surface area contributed by atoms with Crippen LogP contribution in [0.5, 0.6) is 0 Å². The summed E-state index contributed by atoms with van der Waals surface area (Å²) in [6.07, 6.45) is 2.20. The van der Waals surface area contributed by atoms with E-state index in [-0.39, 0.29) is 16.7 Å². The average molecular weight is 406 g/mol. The second-order valence-corrected chi connectivity index (χ2v) is 9.43. The Labute approximate surface area is 163 Å². The number of thioether (sulfide) groups is 1. The van der Waals surface area contributed by atoms with E-state index in [4.69, 9.17) is 0 Å². The van der Waals surface area contributed by atoms with E-state index < -0.39 is 0 Å². The highest BCUT2D eigenvalue weighted by atomic mass is 32.2. The van der Waals surface area contributed by atoms with Crippen molar-refractivity contribution in [3.05, 3.63) is 39.1 Å². The molecular formula is C18H19N3O2S3. The second-order valence-electron chi connectivity index (χ2n) is 6.30. The van der Waals surface area contributed by atoms with Crippen molar-refractivity contribution in [2.45, 2.75) is 25.0 Å². The third-order valence-corrected chi connectivity index (χ3v) is 7.46. The number of nitrogens with one attached hydrogen (secondary N) is 1. The zero-order valence-electron chi connectivity index (χ0n) is 14.4. The van der Waals surface area contributed by atoms with E-state index in [1.807, 2.05) is 34.7 Å². The molecule has 3 aromatic rings. The molecule has 26 heavy (non-hydrogen) atoms. The van der Waals surface area contributed by atoms with Crippen LogP contribution in [0.2, 0.25) is 0 Å². The lowest BCUT2D eigenvalue weighted by atomic mass is 10.2. The third kappa shape index (κ3) is 3.45. The SMILES string of the molecule is C[C@H](SCC(=O)N1CCCC1)c1nc2scc(-c3cccs3)c2c(=O)[nH]1. The van der Waals surface area contributed by atoms with Crippen LogP contribution in [0, 0.1) is 0 Å². The third-order valence-electron chi connectivity index (χ3n) is 4.55. The molecule has 0 bridgehead atoms. The van der Waals surface area contributed by atoms with Crippen molar-refractivity contribution in [2.24, 2.45) is 0 Å². The summed E-state index contributed by atoms with van der Waals surface area (Å²) in [7, 11) is 0. The van der Waals surface area contributed by atoms with Crippen molar-refractivity contribution in [3.63, 3.8) is 0 Å². The summed E-state index contributed by atoms with van der Waals surface area (Å²) in [5.41, 5.74) is 0.845. The Bertz CT molecular complexity index is 971. The number of hydrogen-bond acceptors (Lipinski definition) is 6. The number of fused-ring (bicyclic) bond motifs is 1. The summed E-state index contributed by atoms with van der Waals surface area (Å²) in [5, 5.41) is 4.62. The monoisotopic (exact) mass is 405 g/mol. The summed E-state index contributed by atoms with van der Waals surface area (Å²) in [6.45, 7) is 3.73. The minimum absolute atomic E-state index is 0.0362. The van der Waals surface area contributed by atoms with Gasteiger partial charge in [0.1, 0.15) is 10.7 Å². The summed E-state index contributed by atoms with van der Waals surface area (Å²) in [6, 6.07) is 4.00. The van der Waals surface area contributed by atoms with Gasteiger partial charge in [0.25, 0.3) is 5.56 Å². The lowest BCUT2D eigenvalue weighted by Gasteiger charge is -2.16. The Morgan fingerprint density at radius 2 is 2.19 bits per heavy atom. The molecule has 4 heterocycles. The first-order valence-electron chi connectivity index (χ1n) is 8.58. The van der Waals surface area contributed by atoms with E-state index in [9.17, 15) is 9.59 Å². The van der Waals surface area contributed by atoms with E-state index in [2.05, 4.69) is 9.97 Å². The van der Waals surface area contributed by atoms with E-state index in [0.717, 1.165) is 41.2 Å². The van der Waals surface area contributed by atoms with E-state index >= 15 is 0 Å². The minimum Gasteiger partial charge on any atom is -0.342 e. The Hall–Kier alpha value is -1.64. The molecule has 1 aliphatic rings. The highest BCUT2D eigenvalue weighted by Crippen LogP contribution is 2.34. The maximum Gasteiger partial charge on any atom is 0.260 e. The zero-order chi connectivity index (χ0) is 18.1. The number of nitrogens with zero attached hydrogens (tertiary/aromatic N) is 2. The number of H-pyrrole nitrogens is 1. The van der Waals surface area contributed by atoms with E-state index in [1.54, 1.807) is 11.3 Å². The van der Waals surface area contributed by atoms with Gasteiger partial charge in [-0.15, -0.1) is 34.4 Å².